The number of carbonyl (C=O) groups excluding carboxylic acids is 1. The van der Waals surface area contributed by atoms with Gasteiger partial charge >= 0.3 is 0 Å². The number of nitrogens with one attached hydrogen (secondary N) is 2. The van der Waals surface area contributed by atoms with Gasteiger partial charge in [0.15, 0.2) is 0 Å². The molecule has 2 aromatic rings. The minimum Gasteiger partial charge on any atom is -0.392 e. The lowest BCUT2D eigenvalue weighted by atomic mass is 10.1. The molecule has 3 N–H and O–H groups in total. The molecule has 4 heteroatoms. The normalized spacial score (nSPS) is 16.4. The van der Waals surface area contributed by atoms with Gasteiger partial charge in [0.05, 0.1) is 6.61 Å². The summed E-state index contributed by atoms with van der Waals surface area (Å²) in [4.78, 5) is 12.2. The molecule has 20 heavy (non-hydrogen) atoms. The molecule has 0 saturated carbocycles. The van der Waals surface area contributed by atoms with E-state index in [-0.39, 0.29) is 18.6 Å². The Hall–Kier alpha value is -2.33. The Bertz CT molecular complexity index is 598. The number of carbonyl (C=O) groups is 1. The highest BCUT2D eigenvalue weighted by molar-refractivity contribution is 5.98. The first-order valence-electron chi connectivity index (χ1n) is 6.61. The number of rotatable bonds is 3. The van der Waals surface area contributed by atoms with Gasteiger partial charge < -0.3 is 15.7 Å². The summed E-state index contributed by atoms with van der Waals surface area (Å²) >= 11 is 0. The van der Waals surface area contributed by atoms with Crippen molar-refractivity contribution in [1.82, 2.24) is 0 Å². The van der Waals surface area contributed by atoms with Crippen molar-refractivity contribution in [2.45, 2.75) is 19.1 Å². The Morgan fingerprint density at radius 1 is 1.20 bits per heavy atom. The van der Waals surface area contributed by atoms with E-state index < -0.39 is 0 Å². The SMILES string of the molecule is O=C(Nc1ccc(CO)cc1)C1Cc2ccccc2N1. The maximum atomic E-state index is 12.2. The van der Waals surface area contributed by atoms with Crippen LogP contribution in [-0.2, 0) is 17.8 Å². The van der Waals surface area contributed by atoms with E-state index in [2.05, 4.69) is 10.6 Å². The van der Waals surface area contributed by atoms with Crippen LogP contribution < -0.4 is 10.6 Å². The summed E-state index contributed by atoms with van der Waals surface area (Å²) in [5, 5.41) is 15.1. The number of aliphatic hydroxyl groups excluding tert-OH is 1. The van der Waals surface area contributed by atoms with E-state index in [1.807, 2.05) is 24.3 Å². The Kier molecular flexibility index (Phi) is 3.39. The first-order valence-corrected chi connectivity index (χ1v) is 6.61. The maximum Gasteiger partial charge on any atom is 0.247 e. The topological polar surface area (TPSA) is 61.4 Å². The summed E-state index contributed by atoms with van der Waals surface area (Å²) < 4.78 is 0. The van der Waals surface area contributed by atoms with Crippen LogP contribution in [0.2, 0.25) is 0 Å². The number of hydrogen-bond donors (Lipinski definition) is 3. The van der Waals surface area contributed by atoms with Gasteiger partial charge in [0, 0.05) is 17.8 Å². The molecule has 102 valence electrons. The number of amides is 1. The second-order valence-electron chi connectivity index (χ2n) is 4.90. The van der Waals surface area contributed by atoms with E-state index in [1.165, 1.54) is 5.56 Å². The summed E-state index contributed by atoms with van der Waals surface area (Å²) in [6.07, 6.45) is 0.705. The van der Waals surface area contributed by atoms with E-state index >= 15 is 0 Å². The third-order valence-electron chi connectivity index (χ3n) is 3.49. The molecule has 0 spiro atoms. The summed E-state index contributed by atoms with van der Waals surface area (Å²) in [6, 6.07) is 14.9. The fourth-order valence-corrected chi connectivity index (χ4v) is 2.38. The number of anilines is 2. The average molecular weight is 268 g/mol. The molecule has 0 bridgehead atoms. The zero-order valence-electron chi connectivity index (χ0n) is 11.0. The van der Waals surface area contributed by atoms with Crippen molar-refractivity contribution in [3.63, 3.8) is 0 Å². The summed E-state index contributed by atoms with van der Waals surface area (Å²) in [7, 11) is 0. The second kappa shape index (κ2) is 5.35. The third-order valence-corrected chi connectivity index (χ3v) is 3.49. The molecular formula is C16H16N2O2. The van der Waals surface area contributed by atoms with Crippen molar-refractivity contribution in [3.8, 4) is 0 Å². The molecule has 1 aliphatic rings. The van der Waals surface area contributed by atoms with Crippen molar-refractivity contribution in [2.24, 2.45) is 0 Å². The predicted octanol–water partition coefficient (Wildman–Crippen LogP) is 2.15. The molecular weight excluding hydrogens is 252 g/mol. The molecule has 0 aliphatic carbocycles. The maximum absolute atomic E-state index is 12.2. The van der Waals surface area contributed by atoms with Gasteiger partial charge in [-0.15, -0.1) is 0 Å². The molecule has 1 heterocycles. The summed E-state index contributed by atoms with van der Waals surface area (Å²) in [5.41, 5.74) is 3.77. The smallest absolute Gasteiger partial charge is 0.247 e. The number of hydrogen-bond acceptors (Lipinski definition) is 3. The van der Waals surface area contributed by atoms with Crippen LogP contribution in [0, 0.1) is 0 Å². The monoisotopic (exact) mass is 268 g/mol. The standard InChI is InChI=1S/C16H16N2O2/c19-10-11-5-7-13(8-6-11)17-16(20)15-9-12-3-1-2-4-14(12)18-15/h1-8,15,18-19H,9-10H2,(H,17,20). The lowest BCUT2D eigenvalue weighted by Gasteiger charge is -2.12. The number of benzene rings is 2. The van der Waals surface area contributed by atoms with E-state index in [0.717, 1.165) is 16.9 Å². The third kappa shape index (κ3) is 2.51. The molecule has 0 aromatic heterocycles. The van der Waals surface area contributed by atoms with Crippen molar-refractivity contribution >= 4 is 17.3 Å². The molecule has 1 unspecified atom stereocenters. The van der Waals surface area contributed by atoms with Gasteiger partial charge in [0.2, 0.25) is 5.91 Å². The van der Waals surface area contributed by atoms with Crippen LogP contribution in [-0.4, -0.2) is 17.1 Å². The number of fused-ring (bicyclic) bond motifs is 1. The van der Waals surface area contributed by atoms with Crippen molar-refractivity contribution < 1.29 is 9.90 Å². The van der Waals surface area contributed by atoms with Gasteiger partial charge in [-0.05, 0) is 29.3 Å². The largest absolute Gasteiger partial charge is 0.392 e. The fourth-order valence-electron chi connectivity index (χ4n) is 2.38. The Morgan fingerprint density at radius 2 is 1.95 bits per heavy atom. The van der Waals surface area contributed by atoms with Gasteiger partial charge in [-0.1, -0.05) is 30.3 Å². The first-order chi connectivity index (χ1) is 9.76. The molecule has 1 amide bonds. The number of aliphatic hydroxyl groups is 1. The van der Waals surface area contributed by atoms with Gasteiger partial charge in [-0.3, -0.25) is 4.79 Å². The fraction of sp³-hybridized carbons (Fsp3) is 0.188. The molecule has 0 fully saturated rings. The van der Waals surface area contributed by atoms with E-state index in [1.54, 1.807) is 24.3 Å². The highest BCUT2D eigenvalue weighted by Crippen LogP contribution is 2.25. The quantitative estimate of drug-likeness (QED) is 0.799. The van der Waals surface area contributed by atoms with E-state index in [0.29, 0.717) is 6.42 Å². The van der Waals surface area contributed by atoms with E-state index in [4.69, 9.17) is 5.11 Å². The average Bonchev–Trinajstić information content (AvgIpc) is 2.92. The van der Waals surface area contributed by atoms with Crippen LogP contribution in [0.3, 0.4) is 0 Å². The van der Waals surface area contributed by atoms with Crippen molar-refractivity contribution in [2.75, 3.05) is 10.6 Å². The molecule has 1 aliphatic heterocycles. The molecule has 0 saturated heterocycles. The Morgan fingerprint density at radius 3 is 2.65 bits per heavy atom. The Labute approximate surface area is 117 Å². The molecule has 0 radical (unpaired) electrons. The van der Waals surface area contributed by atoms with Crippen LogP contribution in [0.15, 0.2) is 48.5 Å². The predicted molar refractivity (Wildman–Crippen MR) is 78.6 cm³/mol. The van der Waals surface area contributed by atoms with Crippen LogP contribution >= 0.6 is 0 Å². The minimum absolute atomic E-state index is 0.00766. The van der Waals surface area contributed by atoms with Crippen LogP contribution in [0.25, 0.3) is 0 Å². The highest BCUT2D eigenvalue weighted by atomic mass is 16.3. The first kappa shape index (κ1) is 12.7. The molecule has 4 nitrogen and oxygen atoms in total. The van der Waals surface area contributed by atoms with Crippen LogP contribution in [0.5, 0.6) is 0 Å². The van der Waals surface area contributed by atoms with Crippen molar-refractivity contribution in [3.05, 3.63) is 59.7 Å². The molecule has 1 atom stereocenters. The lowest BCUT2D eigenvalue weighted by Crippen LogP contribution is -2.32. The van der Waals surface area contributed by atoms with Gasteiger partial charge in [-0.2, -0.15) is 0 Å². The molecule has 3 rings (SSSR count). The second-order valence-corrected chi connectivity index (χ2v) is 4.90. The zero-order valence-corrected chi connectivity index (χ0v) is 11.0. The van der Waals surface area contributed by atoms with Gasteiger partial charge in [-0.25, -0.2) is 0 Å². The molecule has 2 aromatic carbocycles. The summed E-state index contributed by atoms with van der Waals surface area (Å²) in [6.45, 7) is 0.00766. The highest BCUT2D eigenvalue weighted by Gasteiger charge is 2.26. The van der Waals surface area contributed by atoms with E-state index in [9.17, 15) is 4.79 Å². The van der Waals surface area contributed by atoms with Crippen LogP contribution in [0.4, 0.5) is 11.4 Å². The van der Waals surface area contributed by atoms with Gasteiger partial charge in [0.1, 0.15) is 6.04 Å². The number of para-hydroxylation sites is 1. The van der Waals surface area contributed by atoms with Crippen LogP contribution in [0.1, 0.15) is 11.1 Å². The zero-order chi connectivity index (χ0) is 13.9. The summed E-state index contributed by atoms with van der Waals surface area (Å²) in [5.74, 6) is -0.0436. The lowest BCUT2D eigenvalue weighted by molar-refractivity contribution is -0.116. The Balaban J connectivity index is 1.66. The van der Waals surface area contributed by atoms with Crippen molar-refractivity contribution in [1.29, 1.82) is 0 Å². The van der Waals surface area contributed by atoms with Gasteiger partial charge in [0.25, 0.3) is 0 Å². The minimum atomic E-state index is -0.232.